The van der Waals surface area contributed by atoms with Crippen molar-refractivity contribution in [2.75, 3.05) is 58.9 Å². The van der Waals surface area contributed by atoms with Crippen LogP contribution < -0.4 is 14.4 Å². The van der Waals surface area contributed by atoms with Gasteiger partial charge in [0.1, 0.15) is 23.9 Å². The highest BCUT2D eigenvalue weighted by atomic mass is 16.5. The maximum Gasteiger partial charge on any atom is 0.295 e. The molecule has 1 fully saturated rings. The Kier molecular flexibility index (Phi) is 7.31. The maximum absolute atomic E-state index is 13.3. The molecule has 2 aliphatic heterocycles. The van der Waals surface area contributed by atoms with Crippen molar-refractivity contribution in [3.63, 3.8) is 0 Å². The number of anilines is 1. The van der Waals surface area contributed by atoms with Crippen LogP contribution in [-0.4, -0.2) is 80.6 Å². The third-order valence-corrected chi connectivity index (χ3v) is 6.30. The van der Waals surface area contributed by atoms with Crippen LogP contribution in [0.4, 0.5) is 5.69 Å². The molecule has 0 spiro atoms. The summed E-state index contributed by atoms with van der Waals surface area (Å²) in [6, 6.07) is 12.0. The van der Waals surface area contributed by atoms with Gasteiger partial charge in [0.05, 0.1) is 30.5 Å². The van der Waals surface area contributed by atoms with Gasteiger partial charge >= 0.3 is 0 Å². The first kappa shape index (κ1) is 24.6. The van der Waals surface area contributed by atoms with E-state index in [0.717, 1.165) is 30.0 Å². The Bertz CT molecular complexity index is 1140. The van der Waals surface area contributed by atoms with Gasteiger partial charge in [-0.3, -0.25) is 9.59 Å². The van der Waals surface area contributed by atoms with E-state index >= 15 is 0 Å². The van der Waals surface area contributed by atoms with E-state index in [1.54, 1.807) is 23.1 Å². The van der Waals surface area contributed by atoms with E-state index in [1.807, 2.05) is 62.1 Å². The zero-order valence-electron chi connectivity index (χ0n) is 20.8. The van der Waals surface area contributed by atoms with E-state index in [2.05, 4.69) is 0 Å². The van der Waals surface area contributed by atoms with Crippen LogP contribution in [0.25, 0.3) is 5.76 Å². The predicted octanol–water partition coefficient (Wildman–Crippen LogP) is 3.29. The van der Waals surface area contributed by atoms with Crippen LogP contribution in [0.2, 0.25) is 0 Å². The van der Waals surface area contributed by atoms with Crippen LogP contribution in [-0.2, 0) is 9.59 Å². The molecule has 0 saturated carbocycles. The number of carbonyl (C=O) groups is 2. The number of hydrogen-bond donors (Lipinski definition) is 1. The Hall–Kier alpha value is -3.52. The highest BCUT2D eigenvalue weighted by Crippen LogP contribution is 2.41. The minimum atomic E-state index is -0.717. The van der Waals surface area contributed by atoms with Crippen LogP contribution in [0.3, 0.4) is 0 Å². The molecule has 0 radical (unpaired) electrons. The summed E-state index contributed by atoms with van der Waals surface area (Å²) in [7, 11) is 5.78. The van der Waals surface area contributed by atoms with E-state index in [4.69, 9.17) is 9.47 Å². The quantitative estimate of drug-likeness (QED) is 0.353. The third-order valence-electron chi connectivity index (χ3n) is 6.30. The fraction of sp³-hybridized carbons (Fsp3) is 0.407. The number of aliphatic hydroxyl groups is 1. The molecule has 2 aliphatic rings. The average Bonchev–Trinajstić information content (AvgIpc) is 3.11. The number of fused-ring (bicyclic) bond motifs is 1. The summed E-state index contributed by atoms with van der Waals surface area (Å²) in [6.45, 7) is 4.82. The number of benzene rings is 2. The van der Waals surface area contributed by atoms with Crippen molar-refractivity contribution < 1.29 is 24.2 Å². The van der Waals surface area contributed by atoms with Crippen LogP contribution in [0.1, 0.15) is 30.5 Å². The van der Waals surface area contributed by atoms with E-state index in [0.29, 0.717) is 37.6 Å². The van der Waals surface area contributed by atoms with Crippen molar-refractivity contribution in [1.82, 2.24) is 9.80 Å². The minimum Gasteiger partial charge on any atom is -0.507 e. The van der Waals surface area contributed by atoms with Gasteiger partial charge in [0.15, 0.2) is 0 Å². The van der Waals surface area contributed by atoms with Gasteiger partial charge in [0.25, 0.3) is 11.7 Å². The lowest BCUT2D eigenvalue weighted by Gasteiger charge is -2.28. The topological polar surface area (TPSA) is 82.5 Å². The number of Topliss-reactive ketones (excluding diaryl/α,β-unsaturated/α-hetero) is 1. The van der Waals surface area contributed by atoms with Gasteiger partial charge in [0, 0.05) is 25.7 Å². The first-order valence-electron chi connectivity index (χ1n) is 12.0. The Morgan fingerprint density at radius 3 is 2.74 bits per heavy atom. The van der Waals surface area contributed by atoms with E-state index in [-0.39, 0.29) is 11.3 Å². The predicted molar refractivity (Wildman–Crippen MR) is 135 cm³/mol. The number of aliphatic hydroxyl groups excluding tert-OH is 1. The first-order valence-corrected chi connectivity index (χ1v) is 12.0. The molecule has 186 valence electrons. The maximum atomic E-state index is 13.3. The number of amides is 1. The number of carbonyl (C=O) groups excluding carboxylic acids is 2. The SMILES string of the molecule is CCCOc1cccc(C2/C(=C(/O)c3ccc4c(c3)N(C)CCO4)C(=O)C(=O)N2CCN(C)C)c1. The molecule has 8 nitrogen and oxygen atoms in total. The van der Waals surface area contributed by atoms with Crippen LogP contribution in [0.5, 0.6) is 11.5 Å². The molecule has 0 aromatic heterocycles. The molecule has 0 aliphatic carbocycles. The molecule has 1 N–H and O–H groups in total. The van der Waals surface area contributed by atoms with E-state index < -0.39 is 17.7 Å². The van der Waals surface area contributed by atoms with Crippen molar-refractivity contribution >= 4 is 23.1 Å². The number of likely N-dealkylation sites (N-methyl/N-ethyl adjacent to an activating group) is 2. The second-order valence-corrected chi connectivity index (χ2v) is 9.17. The molecule has 1 atom stereocenters. The molecule has 1 amide bonds. The van der Waals surface area contributed by atoms with E-state index in [1.165, 1.54) is 0 Å². The van der Waals surface area contributed by atoms with Gasteiger partial charge in [-0.2, -0.15) is 0 Å². The summed E-state index contributed by atoms with van der Waals surface area (Å²) in [5.41, 5.74) is 2.10. The van der Waals surface area contributed by atoms with Crippen molar-refractivity contribution in [2.24, 2.45) is 0 Å². The number of nitrogens with zero attached hydrogens (tertiary/aromatic N) is 3. The lowest BCUT2D eigenvalue weighted by Crippen LogP contribution is -2.35. The number of rotatable bonds is 8. The standard InChI is InChI=1S/C27H33N3O5/c1-5-14-34-20-8-6-7-18(16-20)24-23(26(32)27(33)30(24)12-11-28(2)3)25(31)19-9-10-22-21(17-19)29(4)13-15-35-22/h6-10,16-17,24,31H,5,11-15H2,1-4H3/b25-23-. The minimum absolute atomic E-state index is 0.0840. The van der Waals surface area contributed by atoms with Gasteiger partial charge < -0.3 is 29.3 Å². The summed E-state index contributed by atoms with van der Waals surface area (Å²) in [4.78, 5) is 32.0. The zero-order chi connectivity index (χ0) is 25.1. The monoisotopic (exact) mass is 479 g/mol. The molecular formula is C27H33N3O5. The van der Waals surface area contributed by atoms with Crippen molar-refractivity contribution in [2.45, 2.75) is 19.4 Å². The van der Waals surface area contributed by atoms with Gasteiger partial charge in [-0.1, -0.05) is 19.1 Å². The van der Waals surface area contributed by atoms with Crippen LogP contribution in [0, 0.1) is 0 Å². The lowest BCUT2D eigenvalue weighted by atomic mass is 9.94. The number of hydrogen-bond acceptors (Lipinski definition) is 7. The van der Waals surface area contributed by atoms with Gasteiger partial charge in [-0.15, -0.1) is 0 Å². The Labute approximate surface area is 206 Å². The molecule has 2 heterocycles. The average molecular weight is 480 g/mol. The molecule has 4 rings (SSSR count). The normalized spacial score (nSPS) is 19.2. The zero-order valence-corrected chi connectivity index (χ0v) is 20.8. The molecule has 2 aromatic carbocycles. The first-order chi connectivity index (χ1) is 16.8. The van der Waals surface area contributed by atoms with Crippen molar-refractivity contribution in [1.29, 1.82) is 0 Å². The van der Waals surface area contributed by atoms with Crippen molar-refractivity contribution in [3.05, 3.63) is 59.2 Å². The number of ether oxygens (including phenoxy) is 2. The number of likely N-dealkylation sites (tertiary alicyclic amines) is 1. The molecule has 1 unspecified atom stereocenters. The van der Waals surface area contributed by atoms with Gasteiger partial charge in [0.2, 0.25) is 0 Å². The Balaban J connectivity index is 1.82. The second kappa shape index (κ2) is 10.4. The fourth-order valence-electron chi connectivity index (χ4n) is 4.41. The molecule has 0 bridgehead atoms. The largest absolute Gasteiger partial charge is 0.507 e. The fourth-order valence-corrected chi connectivity index (χ4v) is 4.41. The smallest absolute Gasteiger partial charge is 0.295 e. The van der Waals surface area contributed by atoms with Crippen LogP contribution in [0.15, 0.2) is 48.0 Å². The highest BCUT2D eigenvalue weighted by molar-refractivity contribution is 6.46. The number of ketones is 1. The van der Waals surface area contributed by atoms with Crippen molar-refractivity contribution in [3.8, 4) is 11.5 Å². The Morgan fingerprint density at radius 1 is 1.20 bits per heavy atom. The summed E-state index contributed by atoms with van der Waals surface area (Å²) < 4.78 is 11.5. The summed E-state index contributed by atoms with van der Waals surface area (Å²) >= 11 is 0. The lowest BCUT2D eigenvalue weighted by molar-refractivity contribution is -0.140. The molecule has 8 heteroatoms. The van der Waals surface area contributed by atoms with Gasteiger partial charge in [-0.05, 0) is 56.4 Å². The summed E-state index contributed by atoms with van der Waals surface area (Å²) in [5.74, 6) is -0.110. The molecule has 35 heavy (non-hydrogen) atoms. The third kappa shape index (κ3) is 4.98. The summed E-state index contributed by atoms with van der Waals surface area (Å²) in [5, 5.41) is 11.4. The summed E-state index contributed by atoms with van der Waals surface area (Å²) in [6.07, 6.45) is 0.863. The molecular weight excluding hydrogens is 446 g/mol. The second-order valence-electron chi connectivity index (χ2n) is 9.17. The van der Waals surface area contributed by atoms with Gasteiger partial charge in [-0.25, -0.2) is 0 Å². The Morgan fingerprint density at radius 2 is 2.00 bits per heavy atom. The molecule has 1 saturated heterocycles. The molecule has 2 aromatic rings. The van der Waals surface area contributed by atoms with Crippen LogP contribution >= 0.6 is 0 Å². The van der Waals surface area contributed by atoms with E-state index in [9.17, 15) is 14.7 Å². The highest BCUT2D eigenvalue weighted by Gasteiger charge is 2.46.